The number of hydrogen-bond donors (Lipinski definition) is 1. The van der Waals surface area contributed by atoms with Gasteiger partial charge in [-0.25, -0.2) is 21.9 Å². The molecule has 0 heterocycles. The Morgan fingerprint density at radius 3 is 2.36 bits per heavy atom. The van der Waals surface area contributed by atoms with Gasteiger partial charge in [0.05, 0.1) is 4.90 Å². The van der Waals surface area contributed by atoms with Gasteiger partial charge in [0.25, 0.3) is 0 Å². The van der Waals surface area contributed by atoms with Crippen molar-refractivity contribution in [3.63, 3.8) is 0 Å². The molecule has 0 amide bonds. The first kappa shape index (κ1) is 16.1. The summed E-state index contributed by atoms with van der Waals surface area (Å²) in [6.07, 6.45) is 0. The zero-order chi connectivity index (χ0) is 16.5. The Balaban J connectivity index is 2.67. The van der Waals surface area contributed by atoms with Crippen LogP contribution in [-0.4, -0.2) is 37.9 Å². The van der Waals surface area contributed by atoms with E-state index in [-0.39, 0.29) is 10.5 Å². The Kier molecular flexibility index (Phi) is 4.30. The average Bonchev–Trinajstić information content (AvgIpc) is 2.46. The van der Waals surface area contributed by atoms with Crippen LogP contribution in [-0.2, 0) is 10.0 Å². The van der Waals surface area contributed by atoms with Crippen molar-refractivity contribution in [2.75, 3.05) is 14.1 Å². The van der Waals surface area contributed by atoms with E-state index in [4.69, 9.17) is 5.11 Å². The van der Waals surface area contributed by atoms with Crippen molar-refractivity contribution in [2.45, 2.75) is 4.90 Å². The van der Waals surface area contributed by atoms with Crippen molar-refractivity contribution >= 4 is 16.0 Å². The predicted octanol–water partition coefficient (Wildman–Crippen LogP) is 2.44. The van der Waals surface area contributed by atoms with E-state index in [2.05, 4.69) is 0 Å². The predicted molar refractivity (Wildman–Crippen MR) is 79.7 cm³/mol. The fraction of sp³-hybridized carbons (Fsp3) is 0.133. The van der Waals surface area contributed by atoms with Crippen LogP contribution in [0.25, 0.3) is 11.1 Å². The van der Waals surface area contributed by atoms with E-state index >= 15 is 0 Å². The normalized spacial score (nSPS) is 11.6. The number of carbonyl (C=O) groups is 1. The summed E-state index contributed by atoms with van der Waals surface area (Å²) in [4.78, 5) is 11.2. The molecular formula is C15H14FNO4S. The molecule has 0 fully saturated rings. The van der Waals surface area contributed by atoms with E-state index in [0.717, 1.165) is 10.4 Å². The molecule has 1 N–H and O–H groups in total. The van der Waals surface area contributed by atoms with Crippen LogP contribution < -0.4 is 0 Å². The first-order valence-electron chi connectivity index (χ1n) is 6.30. The van der Waals surface area contributed by atoms with Crippen molar-refractivity contribution in [2.24, 2.45) is 0 Å². The summed E-state index contributed by atoms with van der Waals surface area (Å²) < 4.78 is 39.1. The standard InChI is InChI=1S/C15H14FNO4S/c1-17(2)22(20,21)11-6-3-5-10(9-11)12-7-4-8-13(16)14(12)15(18)19/h3-9H,1-2H3,(H,18,19). The smallest absolute Gasteiger partial charge is 0.339 e. The van der Waals surface area contributed by atoms with Gasteiger partial charge in [0.2, 0.25) is 10.0 Å². The van der Waals surface area contributed by atoms with Gasteiger partial charge < -0.3 is 5.11 Å². The molecular weight excluding hydrogens is 309 g/mol. The third-order valence-corrected chi connectivity index (χ3v) is 4.96. The number of carboxylic acids is 1. The third-order valence-electron chi connectivity index (χ3n) is 3.15. The zero-order valence-electron chi connectivity index (χ0n) is 11.9. The van der Waals surface area contributed by atoms with Crippen LogP contribution in [0.2, 0.25) is 0 Å². The number of nitrogens with zero attached hydrogens (tertiary/aromatic N) is 1. The Bertz CT molecular complexity index is 831. The van der Waals surface area contributed by atoms with Crippen molar-refractivity contribution in [1.29, 1.82) is 0 Å². The summed E-state index contributed by atoms with van der Waals surface area (Å²) in [5.74, 6) is -2.28. The van der Waals surface area contributed by atoms with Gasteiger partial charge in [0.15, 0.2) is 0 Å². The maximum atomic E-state index is 13.7. The van der Waals surface area contributed by atoms with Crippen molar-refractivity contribution < 1.29 is 22.7 Å². The molecule has 0 saturated heterocycles. The molecule has 0 spiro atoms. The van der Waals surface area contributed by atoms with E-state index in [1.54, 1.807) is 0 Å². The first-order valence-corrected chi connectivity index (χ1v) is 7.74. The molecule has 0 aliphatic rings. The van der Waals surface area contributed by atoms with Gasteiger partial charge in [-0.2, -0.15) is 0 Å². The summed E-state index contributed by atoms with van der Waals surface area (Å²) in [7, 11) is -0.867. The first-order chi connectivity index (χ1) is 10.2. The number of sulfonamides is 1. The van der Waals surface area contributed by atoms with Gasteiger partial charge in [0.1, 0.15) is 11.4 Å². The van der Waals surface area contributed by atoms with E-state index in [0.29, 0.717) is 5.56 Å². The molecule has 0 aromatic heterocycles. The number of benzene rings is 2. The monoisotopic (exact) mass is 323 g/mol. The maximum absolute atomic E-state index is 13.7. The van der Waals surface area contributed by atoms with Crippen LogP contribution in [0.3, 0.4) is 0 Å². The maximum Gasteiger partial charge on any atom is 0.339 e. The second-order valence-corrected chi connectivity index (χ2v) is 6.93. The van der Waals surface area contributed by atoms with Crippen LogP contribution in [0.1, 0.15) is 10.4 Å². The summed E-state index contributed by atoms with van der Waals surface area (Å²) in [6, 6.07) is 9.62. The van der Waals surface area contributed by atoms with Crippen LogP contribution in [0.5, 0.6) is 0 Å². The average molecular weight is 323 g/mol. The molecule has 2 rings (SSSR count). The minimum Gasteiger partial charge on any atom is -0.478 e. The lowest BCUT2D eigenvalue weighted by Gasteiger charge is -2.13. The lowest BCUT2D eigenvalue weighted by atomic mass is 9.99. The lowest BCUT2D eigenvalue weighted by Crippen LogP contribution is -2.22. The summed E-state index contributed by atoms with van der Waals surface area (Å²) in [6.45, 7) is 0. The minimum atomic E-state index is -3.66. The molecule has 116 valence electrons. The Morgan fingerprint density at radius 1 is 1.14 bits per heavy atom. The van der Waals surface area contributed by atoms with Crippen LogP contribution in [0.15, 0.2) is 47.4 Å². The fourth-order valence-corrected chi connectivity index (χ4v) is 2.97. The molecule has 7 heteroatoms. The molecule has 2 aromatic rings. The highest BCUT2D eigenvalue weighted by Crippen LogP contribution is 2.28. The van der Waals surface area contributed by atoms with E-state index < -0.39 is 27.4 Å². The highest BCUT2D eigenvalue weighted by atomic mass is 32.2. The largest absolute Gasteiger partial charge is 0.478 e. The second-order valence-electron chi connectivity index (χ2n) is 4.78. The molecule has 0 saturated carbocycles. The van der Waals surface area contributed by atoms with E-state index in [9.17, 15) is 17.6 Å². The highest BCUT2D eigenvalue weighted by Gasteiger charge is 2.20. The molecule has 0 radical (unpaired) electrons. The summed E-state index contributed by atoms with van der Waals surface area (Å²) in [5.41, 5.74) is -0.0370. The van der Waals surface area contributed by atoms with E-state index in [1.807, 2.05) is 0 Å². The van der Waals surface area contributed by atoms with Crippen molar-refractivity contribution in [1.82, 2.24) is 4.31 Å². The third kappa shape index (κ3) is 2.86. The van der Waals surface area contributed by atoms with Crippen LogP contribution in [0, 0.1) is 5.82 Å². The number of halogens is 1. The molecule has 5 nitrogen and oxygen atoms in total. The van der Waals surface area contributed by atoms with Crippen molar-refractivity contribution in [3.8, 4) is 11.1 Å². The Morgan fingerprint density at radius 2 is 1.77 bits per heavy atom. The molecule has 0 atom stereocenters. The number of rotatable bonds is 4. The van der Waals surface area contributed by atoms with Gasteiger partial charge in [-0.1, -0.05) is 24.3 Å². The topological polar surface area (TPSA) is 74.7 Å². The van der Waals surface area contributed by atoms with Crippen molar-refractivity contribution in [3.05, 3.63) is 53.8 Å². The Hall–Kier alpha value is -2.25. The minimum absolute atomic E-state index is 0.00981. The summed E-state index contributed by atoms with van der Waals surface area (Å²) in [5, 5.41) is 9.16. The lowest BCUT2D eigenvalue weighted by molar-refractivity contribution is 0.0693. The molecule has 0 unspecified atom stereocenters. The second kappa shape index (κ2) is 5.86. The van der Waals surface area contributed by atoms with Crippen LogP contribution >= 0.6 is 0 Å². The van der Waals surface area contributed by atoms with E-state index in [1.165, 1.54) is 50.5 Å². The van der Waals surface area contributed by atoms with Gasteiger partial charge in [-0.05, 0) is 29.3 Å². The molecule has 2 aromatic carbocycles. The summed E-state index contributed by atoms with van der Waals surface area (Å²) >= 11 is 0. The van der Waals surface area contributed by atoms with Gasteiger partial charge >= 0.3 is 5.97 Å². The number of hydrogen-bond acceptors (Lipinski definition) is 3. The van der Waals surface area contributed by atoms with Gasteiger partial charge in [-0.3, -0.25) is 0 Å². The molecule has 0 aliphatic heterocycles. The SMILES string of the molecule is CN(C)S(=O)(=O)c1cccc(-c2cccc(F)c2C(=O)O)c1. The van der Waals surface area contributed by atoms with Gasteiger partial charge in [0, 0.05) is 14.1 Å². The highest BCUT2D eigenvalue weighted by molar-refractivity contribution is 7.89. The molecule has 0 bridgehead atoms. The zero-order valence-corrected chi connectivity index (χ0v) is 12.8. The van der Waals surface area contributed by atoms with Crippen LogP contribution in [0.4, 0.5) is 4.39 Å². The fourth-order valence-electron chi connectivity index (χ4n) is 2.02. The molecule has 0 aliphatic carbocycles. The number of carboxylic acid groups (broad SMARTS) is 1. The molecule has 22 heavy (non-hydrogen) atoms. The number of aromatic carboxylic acids is 1. The quantitative estimate of drug-likeness (QED) is 0.938. The van der Waals surface area contributed by atoms with Gasteiger partial charge in [-0.15, -0.1) is 0 Å². The Labute approximate surface area is 127 Å².